The summed E-state index contributed by atoms with van der Waals surface area (Å²) in [4.78, 5) is 4.86. The molecule has 0 amide bonds. The van der Waals surface area contributed by atoms with Crippen molar-refractivity contribution >= 4 is 54.6 Å². The average molecular weight is 666 g/mol. The van der Waals surface area contributed by atoms with Gasteiger partial charge in [0.05, 0.1) is 5.69 Å². The van der Waals surface area contributed by atoms with Crippen LogP contribution in [0.5, 0.6) is 0 Å². The first-order valence-electron chi connectivity index (χ1n) is 18.8. The fraction of sp³-hybridized carbons (Fsp3) is 0.118. The van der Waals surface area contributed by atoms with Gasteiger partial charge in [0.15, 0.2) is 0 Å². The van der Waals surface area contributed by atoms with Gasteiger partial charge in [0.1, 0.15) is 0 Å². The molecule has 0 atom stereocenters. The van der Waals surface area contributed by atoms with Crippen LogP contribution < -0.4 is 10.4 Å². The highest BCUT2D eigenvalue weighted by molar-refractivity contribution is 6.16. The van der Waals surface area contributed by atoms with Crippen molar-refractivity contribution in [3.63, 3.8) is 0 Å². The number of fused-ring (bicyclic) bond motifs is 4. The van der Waals surface area contributed by atoms with Crippen LogP contribution in [0.3, 0.4) is 0 Å². The highest BCUT2D eigenvalue weighted by Crippen LogP contribution is 2.44. The van der Waals surface area contributed by atoms with E-state index < -0.39 is 0 Å². The summed E-state index contributed by atoms with van der Waals surface area (Å²) in [6.07, 6.45) is 20.1. The molecule has 0 aliphatic heterocycles. The largest absolute Gasteiger partial charge is 0.256 e. The molecule has 10 rings (SSSR count). The molecule has 7 aromatic rings. The van der Waals surface area contributed by atoms with E-state index in [0.717, 1.165) is 44.2 Å². The second-order valence-electron chi connectivity index (χ2n) is 14.3. The van der Waals surface area contributed by atoms with Crippen LogP contribution in [-0.2, 0) is 0 Å². The van der Waals surface area contributed by atoms with Crippen molar-refractivity contribution in [1.29, 1.82) is 0 Å². The Hall–Kier alpha value is -6.05. The van der Waals surface area contributed by atoms with Crippen LogP contribution in [0.1, 0.15) is 55.2 Å². The van der Waals surface area contributed by atoms with E-state index in [1.54, 1.807) is 0 Å². The van der Waals surface area contributed by atoms with Crippen LogP contribution in [-0.4, -0.2) is 4.98 Å². The summed E-state index contributed by atoms with van der Waals surface area (Å²) in [5.41, 5.74) is 13.4. The first-order chi connectivity index (χ1) is 25.8. The lowest BCUT2D eigenvalue weighted by Gasteiger charge is -2.25. The van der Waals surface area contributed by atoms with Gasteiger partial charge in [-0.25, -0.2) is 0 Å². The highest BCUT2D eigenvalue weighted by atomic mass is 14.7. The van der Waals surface area contributed by atoms with Crippen molar-refractivity contribution in [1.82, 2.24) is 4.98 Å². The van der Waals surface area contributed by atoms with Crippen molar-refractivity contribution < 1.29 is 0 Å². The van der Waals surface area contributed by atoms with Crippen LogP contribution in [0.15, 0.2) is 170 Å². The molecule has 0 unspecified atom stereocenters. The number of nitrogens with zero attached hydrogens (tertiary/aromatic N) is 1. The second-order valence-corrected chi connectivity index (χ2v) is 14.3. The zero-order valence-electron chi connectivity index (χ0n) is 29.3. The maximum absolute atomic E-state index is 4.86. The highest BCUT2D eigenvalue weighted by Gasteiger charge is 2.23. The molecule has 1 heterocycles. The third-order valence-corrected chi connectivity index (χ3v) is 11.4. The van der Waals surface area contributed by atoms with Crippen molar-refractivity contribution in [2.24, 2.45) is 0 Å². The summed E-state index contributed by atoms with van der Waals surface area (Å²) >= 11 is 0. The Kier molecular flexibility index (Phi) is 7.64. The molecule has 248 valence electrons. The molecular formula is C51H39N. The molecule has 0 bridgehead atoms. The third kappa shape index (κ3) is 5.19. The number of hydrogen-bond donors (Lipinski definition) is 0. The van der Waals surface area contributed by atoms with Gasteiger partial charge in [-0.15, -0.1) is 0 Å². The number of aromatic nitrogens is 1. The Morgan fingerprint density at radius 3 is 1.88 bits per heavy atom. The van der Waals surface area contributed by atoms with E-state index in [1.807, 2.05) is 6.20 Å². The summed E-state index contributed by atoms with van der Waals surface area (Å²) < 4.78 is 0. The Balaban J connectivity index is 1.15. The minimum absolute atomic E-state index is 1.01. The summed E-state index contributed by atoms with van der Waals surface area (Å²) in [5.74, 6) is 0. The molecule has 0 radical (unpaired) electrons. The van der Waals surface area contributed by atoms with E-state index >= 15 is 0 Å². The molecule has 3 aliphatic carbocycles. The Bertz CT molecular complexity index is 2780. The number of hydrogen-bond acceptors (Lipinski definition) is 1. The Morgan fingerprint density at radius 1 is 0.500 bits per heavy atom. The molecular weight excluding hydrogens is 627 g/mol. The summed E-state index contributed by atoms with van der Waals surface area (Å²) in [6.45, 7) is 0. The fourth-order valence-electron chi connectivity index (χ4n) is 9.08. The van der Waals surface area contributed by atoms with Crippen molar-refractivity contribution in [3.8, 4) is 11.3 Å². The smallest absolute Gasteiger partial charge is 0.0714 e. The van der Waals surface area contributed by atoms with E-state index in [1.165, 1.54) is 92.9 Å². The lowest BCUT2D eigenvalue weighted by atomic mass is 9.79. The van der Waals surface area contributed by atoms with E-state index in [9.17, 15) is 0 Å². The number of rotatable bonds is 5. The fourth-order valence-corrected chi connectivity index (χ4v) is 9.08. The van der Waals surface area contributed by atoms with Crippen molar-refractivity contribution in [2.75, 3.05) is 0 Å². The van der Waals surface area contributed by atoms with Crippen molar-refractivity contribution in [2.45, 2.75) is 38.5 Å². The van der Waals surface area contributed by atoms with Gasteiger partial charge in [0.2, 0.25) is 0 Å². The summed E-state index contributed by atoms with van der Waals surface area (Å²) in [6, 6.07) is 47.0. The third-order valence-electron chi connectivity index (χ3n) is 11.4. The Labute approximate surface area is 305 Å². The standard InChI is InChI=1S/C51H39N/c1-2-14-34(15-3-1)40-28-29-48(42-22-7-6-21-41(40)42)51-46-25-10-8-23-44(46)50(45-24-9-11-26-47(45)51)38-19-12-18-36(32-38)37-30-31-52-49(33-37)43-27-13-17-35-16-4-5-20-39(35)43/h1-2,4-11,13-14,16-18,20-27,30-33H,3,12,15,19,28-29H2. The molecule has 52 heavy (non-hydrogen) atoms. The summed E-state index contributed by atoms with van der Waals surface area (Å²) in [5, 5.41) is 10.7. The SMILES string of the molecule is C1=CCCC(C2=c3ccccc3=C(c3c4ccccc4c(C4=CC(c5ccnc(-c6cccc7ccccc67)c5)=CCC4)c4ccccc34)CC2)=C1. The van der Waals surface area contributed by atoms with Crippen molar-refractivity contribution in [3.05, 3.63) is 197 Å². The Morgan fingerprint density at radius 2 is 1.13 bits per heavy atom. The molecule has 0 spiro atoms. The van der Waals surface area contributed by atoms with E-state index in [-0.39, 0.29) is 0 Å². The zero-order chi connectivity index (χ0) is 34.4. The van der Waals surface area contributed by atoms with Gasteiger partial charge >= 0.3 is 0 Å². The average Bonchev–Trinajstić information content (AvgIpc) is 3.22. The van der Waals surface area contributed by atoms with Gasteiger partial charge in [-0.1, -0.05) is 146 Å². The minimum atomic E-state index is 1.01. The van der Waals surface area contributed by atoms with Gasteiger partial charge in [-0.05, 0) is 138 Å². The predicted octanol–water partition coefficient (Wildman–Crippen LogP) is 11.9. The first-order valence-corrected chi connectivity index (χ1v) is 18.8. The number of benzene rings is 6. The van der Waals surface area contributed by atoms with Gasteiger partial charge in [-0.2, -0.15) is 0 Å². The van der Waals surface area contributed by atoms with Crippen LogP contribution in [0.2, 0.25) is 0 Å². The maximum Gasteiger partial charge on any atom is 0.0714 e. The quantitative estimate of drug-likeness (QED) is 0.167. The first kappa shape index (κ1) is 30.7. The topological polar surface area (TPSA) is 12.9 Å². The monoisotopic (exact) mass is 665 g/mol. The van der Waals surface area contributed by atoms with Gasteiger partial charge in [0, 0.05) is 11.8 Å². The summed E-state index contributed by atoms with van der Waals surface area (Å²) in [7, 11) is 0. The zero-order valence-corrected chi connectivity index (χ0v) is 29.3. The molecule has 0 saturated carbocycles. The number of pyridine rings is 1. The normalized spacial score (nSPS) is 15.8. The van der Waals surface area contributed by atoms with Crippen LogP contribution >= 0.6 is 0 Å². The molecule has 6 aromatic carbocycles. The lowest BCUT2D eigenvalue weighted by molar-refractivity contribution is 0.952. The molecule has 1 aromatic heterocycles. The predicted molar refractivity (Wildman–Crippen MR) is 221 cm³/mol. The molecule has 0 N–H and O–H groups in total. The van der Waals surface area contributed by atoms with E-state index in [0.29, 0.717) is 0 Å². The van der Waals surface area contributed by atoms with Crippen LogP contribution in [0, 0.1) is 0 Å². The molecule has 3 aliphatic rings. The maximum atomic E-state index is 4.86. The lowest BCUT2D eigenvalue weighted by Crippen LogP contribution is -2.33. The molecule has 0 fully saturated rings. The number of allylic oxidation sites excluding steroid dienone is 8. The second kappa shape index (κ2) is 12.9. The van der Waals surface area contributed by atoms with Gasteiger partial charge in [-0.3, -0.25) is 4.98 Å². The van der Waals surface area contributed by atoms with E-state index in [2.05, 4.69) is 158 Å². The molecule has 1 heteroatoms. The molecule has 0 saturated heterocycles. The van der Waals surface area contributed by atoms with E-state index in [4.69, 9.17) is 4.98 Å². The van der Waals surface area contributed by atoms with Crippen LogP contribution in [0.25, 0.3) is 65.9 Å². The van der Waals surface area contributed by atoms with Gasteiger partial charge in [0.25, 0.3) is 0 Å². The van der Waals surface area contributed by atoms with Gasteiger partial charge < -0.3 is 0 Å². The minimum Gasteiger partial charge on any atom is -0.256 e. The molecule has 1 nitrogen and oxygen atoms in total. The van der Waals surface area contributed by atoms with Crippen LogP contribution in [0.4, 0.5) is 0 Å².